The highest BCUT2D eigenvalue weighted by Crippen LogP contribution is 2.36. The minimum absolute atomic E-state index is 0.0991. The molecule has 122 valence electrons. The van der Waals surface area contributed by atoms with Crippen molar-refractivity contribution in [3.63, 3.8) is 0 Å². The Morgan fingerprint density at radius 2 is 2.12 bits per heavy atom. The van der Waals surface area contributed by atoms with Crippen molar-refractivity contribution >= 4 is 16.9 Å². The Hall–Kier alpha value is -2.76. The van der Waals surface area contributed by atoms with E-state index in [2.05, 4.69) is 10.1 Å². The molecule has 1 saturated heterocycles. The molecule has 0 aliphatic carbocycles. The summed E-state index contributed by atoms with van der Waals surface area (Å²) in [6.45, 7) is 2.48. The van der Waals surface area contributed by atoms with Gasteiger partial charge in [0.05, 0.1) is 23.2 Å². The summed E-state index contributed by atoms with van der Waals surface area (Å²) in [4.78, 5) is 19.2. The summed E-state index contributed by atoms with van der Waals surface area (Å²) in [7, 11) is 1.80. The van der Waals surface area contributed by atoms with Gasteiger partial charge in [0, 0.05) is 24.8 Å². The summed E-state index contributed by atoms with van der Waals surface area (Å²) in [5.41, 5.74) is 2.59. The summed E-state index contributed by atoms with van der Waals surface area (Å²) >= 11 is 0. The number of hydrogen-bond donors (Lipinski definition) is 0. The second kappa shape index (κ2) is 5.40. The summed E-state index contributed by atoms with van der Waals surface area (Å²) in [6.07, 6.45) is 2.43. The lowest BCUT2D eigenvalue weighted by Gasteiger charge is -2.41. The van der Waals surface area contributed by atoms with Crippen molar-refractivity contribution in [2.75, 3.05) is 6.54 Å². The Labute approximate surface area is 138 Å². The number of benzene rings is 1. The lowest BCUT2D eigenvalue weighted by Crippen LogP contribution is -2.45. The average molecular weight is 324 g/mol. The monoisotopic (exact) mass is 324 g/mol. The molecule has 24 heavy (non-hydrogen) atoms. The molecule has 0 spiro atoms. The number of aryl methyl sites for hydroxylation is 2. The molecule has 0 saturated carbocycles. The summed E-state index contributed by atoms with van der Waals surface area (Å²) in [5.74, 6) is -0.365. The predicted molar refractivity (Wildman–Crippen MR) is 88.0 cm³/mol. The van der Waals surface area contributed by atoms with Gasteiger partial charge in [0.2, 0.25) is 0 Å². The lowest BCUT2D eigenvalue weighted by atomic mass is 9.93. The van der Waals surface area contributed by atoms with Gasteiger partial charge in [0.1, 0.15) is 5.82 Å². The van der Waals surface area contributed by atoms with Crippen LogP contribution in [0.15, 0.2) is 36.5 Å². The van der Waals surface area contributed by atoms with E-state index in [1.165, 1.54) is 6.07 Å². The number of hydrogen-bond acceptors (Lipinski definition) is 3. The van der Waals surface area contributed by atoms with E-state index >= 15 is 0 Å². The number of nitrogens with zero attached hydrogens (tertiary/aromatic N) is 4. The molecule has 0 bridgehead atoms. The van der Waals surface area contributed by atoms with Crippen LogP contribution < -0.4 is 0 Å². The zero-order valence-electron chi connectivity index (χ0n) is 13.5. The Balaban J connectivity index is 1.73. The zero-order chi connectivity index (χ0) is 16.8. The van der Waals surface area contributed by atoms with Crippen molar-refractivity contribution in [2.24, 2.45) is 7.05 Å². The number of fused-ring (bicyclic) bond motifs is 1. The number of rotatable bonds is 2. The van der Waals surface area contributed by atoms with Gasteiger partial charge in [-0.05, 0) is 25.5 Å². The van der Waals surface area contributed by atoms with E-state index in [1.807, 2.05) is 6.92 Å². The quantitative estimate of drug-likeness (QED) is 0.728. The molecular formula is C18H17FN4O. The van der Waals surface area contributed by atoms with Crippen LogP contribution in [0.1, 0.15) is 34.1 Å². The van der Waals surface area contributed by atoms with Crippen LogP contribution in [0.2, 0.25) is 0 Å². The molecule has 1 fully saturated rings. The van der Waals surface area contributed by atoms with Crippen LogP contribution in [-0.2, 0) is 7.05 Å². The molecule has 1 aliphatic rings. The number of halogens is 1. The molecule has 1 atom stereocenters. The van der Waals surface area contributed by atoms with Gasteiger partial charge in [-0.3, -0.25) is 9.48 Å². The van der Waals surface area contributed by atoms with Gasteiger partial charge >= 0.3 is 0 Å². The van der Waals surface area contributed by atoms with Gasteiger partial charge in [-0.15, -0.1) is 0 Å². The van der Waals surface area contributed by atoms with Gasteiger partial charge < -0.3 is 4.90 Å². The Morgan fingerprint density at radius 1 is 1.33 bits per heavy atom. The lowest BCUT2D eigenvalue weighted by molar-refractivity contribution is 0.0455. The average Bonchev–Trinajstić information content (AvgIpc) is 2.89. The molecule has 1 aliphatic heterocycles. The molecule has 0 N–H and O–H groups in total. The van der Waals surface area contributed by atoms with Crippen LogP contribution in [0.4, 0.5) is 4.39 Å². The van der Waals surface area contributed by atoms with Crippen LogP contribution in [-0.4, -0.2) is 32.1 Å². The van der Waals surface area contributed by atoms with Crippen LogP contribution >= 0.6 is 0 Å². The molecule has 1 unspecified atom stereocenters. The van der Waals surface area contributed by atoms with E-state index in [9.17, 15) is 9.18 Å². The SMILES string of the molecule is Cc1cc(C(=O)N2CCC2c2ccccc2F)c2cnn(C)c2n1. The first kappa shape index (κ1) is 14.8. The van der Waals surface area contributed by atoms with E-state index in [1.54, 1.807) is 47.1 Å². The zero-order valence-corrected chi connectivity index (χ0v) is 13.5. The minimum atomic E-state index is -0.266. The first-order valence-corrected chi connectivity index (χ1v) is 7.91. The highest BCUT2D eigenvalue weighted by Gasteiger charge is 2.36. The van der Waals surface area contributed by atoms with E-state index in [-0.39, 0.29) is 17.8 Å². The molecule has 3 aromatic rings. The molecule has 3 heterocycles. The first-order chi connectivity index (χ1) is 11.6. The van der Waals surface area contributed by atoms with E-state index in [4.69, 9.17) is 0 Å². The van der Waals surface area contributed by atoms with Crippen molar-refractivity contribution in [1.29, 1.82) is 0 Å². The molecule has 4 rings (SSSR count). The maximum atomic E-state index is 14.1. The van der Waals surface area contributed by atoms with Crippen molar-refractivity contribution in [3.8, 4) is 0 Å². The second-order valence-corrected chi connectivity index (χ2v) is 6.14. The van der Waals surface area contributed by atoms with Gasteiger partial charge in [0.15, 0.2) is 5.65 Å². The van der Waals surface area contributed by atoms with E-state index in [0.717, 1.165) is 17.5 Å². The van der Waals surface area contributed by atoms with Crippen LogP contribution in [0.5, 0.6) is 0 Å². The van der Waals surface area contributed by atoms with Gasteiger partial charge in [-0.25, -0.2) is 9.37 Å². The van der Waals surface area contributed by atoms with Crippen molar-refractivity contribution in [1.82, 2.24) is 19.7 Å². The normalized spacial score (nSPS) is 17.1. The smallest absolute Gasteiger partial charge is 0.255 e. The van der Waals surface area contributed by atoms with Crippen molar-refractivity contribution in [3.05, 3.63) is 59.2 Å². The molecule has 2 aromatic heterocycles. The van der Waals surface area contributed by atoms with Crippen LogP contribution in [0.25, 0.3) is 11.0 Å². The standard InChI is InChI=1S/C18H17FN4O/c1-11-9-13(14-10-20-22(2)17(14)21-11)18(24)23-8-7-16(23)12-5-3-4-6-15(12)19/h3-6,9-10,16H,7-8H2,1-2H3. The fourth-order valence-corrected chi connectivity index (χ4v) is 3.27. The number of likely N-dealkylation sites (tertiary alicyclic amines) is 1. The predicted octanol–water partition coefficient (Wildman–Crippen LogP) is 3.00. The van der Waals surface area contributed by atoms with Crippen LogP contribution in [0, 0.1) is 12.7 Å². The maximum absolute atomic E-state index is 14.1. The second-order valence-electron chi connectivity index (χ2n) is 6.14. The van der Waals surface area contributed by atoms with Crippen molar-refractivity contribution in [2.45, 2.75) is 19.4 Å². The summed E-state index contributed by atoms with van der Waals surface area (Å²) in [5, 5.41) is 4.93. The third-order valence-corrected chi connectivity index (χ3v) is 4.61. The fourth-order valence-electron chi connectivity index (χ4n) is 3.27. The number of carbonyl (C=O) groups excluding carboxylic acids is 1. The Bertz CT molecular complexity index is 949. The molecule has 5 nitrogen and oxygen atoms in total. The van der Waals surface area contributed by atoms with E-state index < -0.39 is 0 Å². The third-order valence-electron chi connectivity index (χ3n) is 4.61. The number of pyridine rings is 1. The molecular weight excluding hydrogens is 307 g/mol. The highest BCUT2D eigenvalue weighted by atomic mass is 19.1. The highest BCUT2D eigenvalue weighted by molar-refractivity contribution is 6.05. The van der Waals surface area contributed by atoms with Crippen molar-refractivity contribution < 1.29 is 9.18 Å². The maximum Gasteiger partial charge on any atom is 0.255 e. The number of carbonyl (C=O) groups is 1. The van der Waals surface area contributed by atoms with Crippen LogP contribution in [0.3, 0.4) is 0 Å². The first-order valence-electron chi connectivity index (χ1n) is 7.91. The largest absolute Gasteiger partial charge is 0.331 e. The fraction of sp³-hybridized carbons (Fsp3) is 0.278. The van der Waals surface area contributed by atoms with E-state index in [0.29, 0.717) is 23.3 Å². The van der Waals surface area contributed by atoms with Gasteiger partial charge in [-0.1, -0.05) is 18.2 Å². The molecule has 6 heteroatoms. The van der Waals surface area contributed by atoms with Gasteiger partial charge in [0.25, 0.3) is 5.91 Å². The number of aromatic nitrogens is 3. The summed E-state index contributed by atoms with van der Waals surface area (Å²) < 4.78 is 15.7. The van der Waals surface area contributed by atoms with Gasteiger partial charge in [-0.2, -0.15) is 5.10 Å². The molecule has 1 amide bonds. The Morgan fingerprint density at radius 3 is 2.83 bits per heavy atom. The third kappa shape index (κ3) is 2.18. The molecule has 0 radical (unpaired) electrons. The minimum Gasteiger partial charge on any atom is -0.331 e. The summed E-state index contributed by atoms with van der Waals surface area (Å²) in [6, 6.07) is 8.22. The Kier molecular flexibility index (Phi) is 3.33. The molecule has 1 aromatic carbocycles. The number of amides is 1. The topological polar surface area (TPSA) is 51.0 Å².